The fraction of sp³-hybridized carbons (Fsp3) is 0.348. The number of nitrogens with one attached hydrogen (secondary N) is 2. The maximum atomic E-state index is 12.5. The van der Waals surface area contributed by atoms with Gasteiger partial charge in [-0.3, -0.25) is 14.5 Å². The number of anilines is 1. The lowest BCUT2D eigenvalue weighted by molar-refractivity contribution is -0.117. The van der Waals surface area contributed by atoms with E-state index in [2.05, 4.69) is 20.5 Å². The van der Waals surface area contributed by atoms with Gasteiger partial charge in [0, 0.05) is 28.7 Å². The number of hydrogen-bond acceptors (Lipinski definition) is 5. The molecule has 1 fully saturated rings. The number of piperidine rings is 1. The van der Waals surface area contributed by atoms with Crippen LogP contribution in [-0.2, 0) is 4.79 Å². The Bertz CT molecular complexity index is 1090. The highest BCUT2D eigenvalue weighted by molar-refractivity contribution is 6.31. The molecule has 0 atom stereocenters. The number of amides is 2. The van der Waals surface area contributed by atoms with Crippen LogP contribution in [0.5, 0.6) is 0 Å². The summed E-state index contributed by atoms with van der Waals surface area (Å²) in [6.07, 6.45) is 1.75. The Morgan fingerprint density at radius 2 is 2.00 bits per heavy atom. The molecule has 162 valence electrons. The molecular weight excluding hydrogens is 416 g/mol. The maximum absolute atomic E-state index is 12.5. The van der Waals surface area contributed by atoms with Crippen molar-refractivity contribution in [1.29, 1.82) is 0 Å². The minimum atomic E-state index is -0.151. The molecule has 2 N–H and O–H groups in total. The van der Waals surface area contributed by atoms with E-state index in [1.54, 1.807) is 30.3 Å². The molecule has 0 bridgehead atoms. The van der Waals surface area contributed by atoms with Gasteiger partial charge in [0.15, 0.2) is 11.5 Å². The largest absolute Gasteiger partial charge is 0.440 e. The van der Waals surface area contributed by atoms with Crippen LogP contribution < -0.4 is 10.6 Å². The molecule has 1 aromatic heterocycles. The molecule has 2 heterocycles. The molecule has 1 aliphatic rings. The van der Waals surface area contributed by atoms with Crippen molar-refractivity contribution in [2.45, 2.75) is 25.7 Å². The molecule has 4 rings (SSSR count). The van der Waals surface area contributed by atoms with Gasteiger partial charge < -0.3 is 15.1 Å². The zero-order chi connectivity index (χ0) is 21.8. The normalized spacial score (nSPS) is 15.2. The van der Waals surface area contributed by atoms with Crippen molar-refractivity contribution in [2.24, 2.45) is 0 Å². The predicted octanol–water partition coefficient (Wildman–Crippen LogP) is 4.05. The first-order chi connectivity index (χ1) is 15.0. The number of carbonyl (C=O) groups excluding carboxylic acids is 2. The molecular formula is C23H25ClN4O3. The number of carbonyl (C=O) groups is 2. The SMILES string of the molecule is CCNC(=O)c1cccc(NC(=O)CN2CCC(c3nc4cc(Cl)ccc4o3)CC2)c1. The monoisotopic (exact) mass is 440 g/mol. The summed E-state index contributed by atoms with van der Waals surface area (Å²) in [5.74, 6) is 0.730. The average molecular weight is 441 g/mol. The molecule has 7 nitrogen and oxygen atoms in total. The third-order valence-electron chi connectivity index (χ3n) is 5.42. The van der Waals surface area contributed by atoms with E-state index in [-0.39, 0.29) is 17.7 Å². The van der Waals surface area contributed by atoms with Gasteiger partial charge in [-0.1, -0.05) is 17.7 Å². The average Bonchev–Trinajstić information content (AvgIpc) is 3.17. The second kappa shape index (κ2) is 9.49. The Kier molecular flexibility index (Phi) is 6.53. The summed E-state index contributed by atoms with van der Waals surface area (Å²) in [5, 5.41) is 6.29. The molecule has 0 aliphatic carbocycles. The summed E-state index contributed by atoms with van der Waals surface area (Å²) in [6.45, 7) is 4.31. The van der Waals surface area contributed by atoms with E-state index < -0.39 is 0 Å². The lowest BCUT2D eigenvalue weighted by Crippen LogP contribution is -2.38. The topological polar surface area (TPSA) is 87.5 Å². The number of likely N-dealkylation sites (tertiary alicyclic amines) is 1. The predicted molar refractivity (Wildman–Crippen MR) is 121 cm³/mol. The second-order valence-electron chi connectivity index (χ2n) is 7.70. The lowest BCUT2D eigenvalue weighted by Gasteiger charge is -2.29. The molecule has 8 heteroatoms. The van der Waals surface area contributed by atoms with Crippen molar-refractivity contribution in [1.82, 2.24) is 15.2 Å². The summed E-state index contributed by atoms with van der Waals surface area (Å²) in [7, 11) is 0. The van der Waals surface area contributed by atoms with Gasteiger partial charge in [0.1, 0.15) is 5.52 Å². The van der Waals surface area contributed by atoms with Crippen LogP contribution in [0, 0.1) is 0 Å². The van der Waals surface area contributed by atoms with Crippen LogP contribution in [0.25, 0.3) is 11.1 Å². The molecule has 0 radical (unpaired) electrons. The van der Waals surface area contributed by atoms with E-state index in [1.807, 2.05) is 19.1 Å². The zero-order valence-electron chi connectivity index (χ0n) is 17.4. The van der Waals surface area contributed by atoms with Gasteiger partial charge in [0.05, 0.1) is 6.54 Å². The molecule has 0 unspecified atom stereocenters. The first-order valence-electron chi connectivity index (χ1n) is 10.5. The minimum Gasteiger partial charge on any atom is -0.440 e. The summed E-state index contributed by atoms with van der Waals surface area (Å²) < 4.78 is 5.91. The number of aromatic nitrogens is 1. The summed E-state index contributed by atoms with van der Waals surface area (Å²) >= 11 is 6.03. The van der Waals surface area contributed by atoms with Crippen LogP contribution in [0.3, 0.4) is 0 Å². The van der Waals surface area contributed by atoms with E-state index in [4.69, 9.17) is 16.0 Å². The Morgan fingerprint density at radius 1 is 1.19 bits per heavy atom. The van der Waals surface area contributed by atoms with Crippen molar-refractivity contribution < 1.29 is 14.0 Å². The molecule has 0 saturated carbocycles. The van der Waals surface area contributed by atoms with Crippen molar-refractivity contribution in [3.05, 3.63) is 58.9 Å². The first-order valence-corrected chi connectivity index (χ1v) is 10.9. The van der Waals surface area contributed by atoms with Gasteiger partial charge in [0.2, 0.25) is 5.91 Å². The van der Waals surface area contributed by atoms with Crippen LogP contribution in [0.1, 0.15) is 41.9 Å². The fourth-order valence-electron chi connectivity index (χ4n) is 3.84. The van der Waals surface area contributed by atoms with Gasteiger partial charge in [0.25, 0.3) is 5.91 Å². The molecule has 1 saturated heterocycles. The van der Waals surface area contributed by atoms with Crippen molar-refractivity contribution >= 4 is 40.2 Å². The standard InChI is InChI=1S/C23H25ClN4O3/c1-2-25-22(30)16-4-3-5-18(12-16)26-21(29)14-28-10-8-15(9-11-28)23-27-19-13-17(24)6-7-20(19)31-23/h3-7,12-13,15H,2,8-11,14H2,1H3,(H,25,30)(H,26,29). The quantitative estimate of drug-likeness (QED) is 0.603. The molecule has 0 spiro atoms. The van der Waals surface area contributed by atoms with Gasteiger partial charge in [-0.2, -0.15) is 0 Å². The molecule has 2 aromatic carbocycles. The Balaban J connectivity index is 1.30. The zero-order valence-corrected chi connectivity index (χ0v) is 18.1. The number of halogens is 1. The van der Waals surface area contributed by atoms with Gasteiger partial charge in [-0.05, 0) is 69.3 Å². The number of hydrogen-bond donors (Lipinski definition) is 2. The maximum Gasteiger partial charge on any atom is 0.251 e. The van der Waals surface area contributed by atoms with E-state index in [9.17, 15) is 9.59 Å². The van der Waals surface area contributed by atoms with Gasteiger partial charge in [-0.15, -0.1) is 0 Å². The fourth-order valence-corrected chi connectivity index (χ4v) is 4.00. The number of benzene rings is 2. The van der Waals surface area contributed by atoms with Crippen molar-refractivity contribution in [3.63, 3.8) is 0 Å². The van der Waals surface area contributed by atoms with Crippen LogP contribution in [0.2, 0.25) is 5.02 Å². The van der Waals surface area contributed by atoms with Crippen LogP contribution in [0.4, 0.5) is 5.69 Å². The van der Waals surface area contributed by atoms with E-state index in [0.29, 0.717) is 29.4 Å². The Hall–Kier alpha value is -2.90. The summed E-state index contributed by atoms with van der Waals surface area (Å²) in [5.41, 5.74) is 2.67. The van der Waals surface area contributed by atoms with Crippen molar-refractivity contribution in [3.8, 4) is 0 Å². The van der Waals surface area contributed by atoms with Gasteiger partial charge >= 0.3 is 0 Å². The van der Waals surface area contributed by atoms with Crippen LogP contribution in [0.15, 0.2) is 46.9 Å². The first kappa shape index (κ1) is 21.3. The van der Waals surface area contributed by atoms with Crippen LogP contribution >= 0.6 is 11.6 Å². The molecule has 2 amide bonds. The molecule has 31 heavy (non-hydrogen) atoms. The summed E-state index contributed by atoms with van der Waals surface area (Å²) in [4.78, 5) is 31.2. The van der Waals surface area contributed by atoms with E-state index >= 15 is 0 Å². The number of fused-ring (bicyclic) bond motifs is 1. The molecule has 3 aromatic rings. The summed E-state index contributed by atoms with van der Waals surface area (Å²) in [6, 6.07) is 12.4. The Labute approximate surface area is 185 Å². The second-order valence-corrected chi connectivity index (χ2v) is 8.14. The number of nitrogens with zero attached hydrogens (tertiary/aromatic N) is 2. The smallest absolute Gasteiger partial charge is 0.251 e. The highest BCUT2D eigenvalue weighted by Gasteiger charge is 2.25. The third kappa shape index (κ3) is 5.24. The highest BCUT2D eigenvalue weighted by Crippen LogP contribution is 2.30. The highest BCUT2D eigenvalue weighted by atomic mass is 35.5. The lowest BCUT2D eigenvalue weighted by atomic mass is 9.97. The van der Waals surface area contributed by atoms with E-state index in [0.717, 1.165) is 42.9 Å². The minimum absolute atomic E-state index is 0.0944. The van der Waals surface area contributed by atoms with Crippen molar-refractivity contribution in [2.75, 3.05) is 31.5 Å². The Morgan fingerprint density at radius 3 is 2.77 bits per heavy atom. The third-order valence-corrected chi connectivity index (χ3v) is 5.65. The van der Waals surface area contributed by atoms with Gasteiger partial charge in [-0.25, -0.2) is 4.98 Å². The number of rotatable bonds is 6. The van der Waals surface area contributed by atoms with E-state index in [1.165, 1.54) is 0 Å². The number of oxazole rings is 1. The van der Waals surface area contributed by atoms with Crippen LogP contribution in [-0.4, -0.2) is 47.9 Å². The molecule has 1 aliphatic heterocycles.